The molecular weight excluding hydrogens is 368 g/mol. The second-order valence-corrected chi connectivity index (χ2v) is 7.62. The Bertz CT molecular complexity index is 967. The average molecular weight is 389 g/mol. The van der Waals surface area contributed by atoms with Gasteiger partial charge in [-0.15, -0.1) is 0 Å². The number of hydrogen-bond donors (Lipinski definition) is 1. The summed E-state index contributed by atoms with van der Waals surface area (Å²) in [6.07, 6.45) is 4.08. The molecular formula is C18H20N4O2S2. The molecule has 1 fully saturated rings. The highest BCUT2D eigenvalue weighted by atomic mass is 32.2. The number of nitrogens with zero attached hydrogens (tertiary/aromatic N) is 3. The Kier molecular flexibility index (Phi) is 5.43. The summed E-state index contributed by atoms with van der Waals surface area (Å²) in [6.45, 7) is 6.52. The molecule has 0 aliphatic carbocycles. The van der Waals surface area contributed by atoms with Crippen LogP contribution in [0, 0.1) is 0 Å². The van der Waals surface area contributed by atoms with Crippen LogP contribution in [-0.4, -0.2) is 37.1 Å². The van der Waals surface area contributed by atoms with E-state index in [0.29, 0.717) is 32.8 Å². The quantitative estimate of drug-likeness (QED) is 0.627. The fraction of sp³-hybridized carbons (Fsp3) is 0.333. The number of nitrogens with one attached hydrogen (secondary N) is 1. The third kappa shape index (κ3) is 3.26. The van der Waals surface area contributed by atoms with Crippen molar-refractivity contribution in [2.75, 3.05) is 11.9 Å². The number of amides is 1. The normalized spacial score (nSPS) is 17.3. The van der Waals surface area contributed by atoms with Crippen molar-refractivity contribution in [2.24, 2.45) is 0 Å². The topological polar surface area (TPSA) is 66.7 Å². The summed E-state index contributed by atoms with van der Waals surface area (Å²) in [5, 5.41) is 3.12. The summed E-state index contributed by atoms with van der Waals surface area (Å²) >= 11 is 6.59. The lowest BCUT2D eigenvalue weighted by Gasteiger charge is -2.21. The van der Waals surface area contributed by atoms with Gasteiger partial charge >= 0.3 is 0 Å². The lowest BCUT2D eigenvalue weighted by atomic mass is 10.2. The van der Waals surface area contributed by atoms with E-state index >= 15 is 0 Å². The zero-order valence-electron chi connectivity index (χ0n) is 14.9. The molecule has 0 aromatic carbocycles. The molecule has 0 saturated carbocycles. The number of thiocarbonyl (C=S) groups is 1. The van der Waals surface area contributed by atoms with E-state index < -0.39 is 0 Å². The molecule has 26 heavy (non-hydrogen) atoms. The lowest BCUT2D eigenvalue weighted by molar-refractivity contribution is -0.123. The van der Waals surface area contributed by atoms with Crippen LogP contribution in [0.1, 0.15) is 32.8 Å². The van der Waals surface area contributed by atoms with Crippen molar-refractivity contribution in [2.45, 2.75) is 33.2 Å². The SMILES string of the molecule is CCNc1nc2ccccn2c(=O)c1/C=C1\SC(=S)N(C(C)CC)C1=O. The van der Waals surface area contributed by atoms with E-state index in [1.165, 1.54) is 16.2 Å². The van der Waals surface area contributed by atoms with E-state index in [-0.39, 0.29) is 17.5 Å². The molecule has 1 unspecified atom stereocenters. The van der Waals surface area contributed by atoms with Crippen molar-refractivity contribution < 1.29 is 4.79 Å². The van der Waals surface area contributed by atoms with Gasteiger partial charge < -0.3 is 5.32 Å². The lowest BCUT2D eigenvalue weighted by Crippen LogP contribution is -2.36. The van der Waals surface area contributed by atoms with Crippen molar-refractivity contribution in [3.8, 4) is 0 Å². The molecule has 1 amide bonds. The van der Waals surface area contributed by atoms with Crippen LogP contribution in [0.3, 0.4) is 0 Å². The Balaban J connectivity index is 2.13. The maximum atomic E-state index is 12.9. The maximum Gasteiger partial charge on any atom is 0.267 e. The summed E-state index contributed by atoms with van der Waals surface area (Å²) < 4.78 is 2.00. The van der Waals surface area contributed by atoms with Crippen LogP contribution in [0.5, 0.6) is 0 Å². The van der Waals surface area contributed by atoms with Crippen LogP contribution in [0.4, 0.5) is 5.82 Å². The molecule has 1 N–H and O–H groups in total. The Morgan fingerprint density at radius 1 is 1.35 bits per heavy atom. The molecule has 1 atom stereocenters. The molecule has 3 heterocycles. The highest BCUT2D eigenvalue weighted by Gasteiger charge is 2.35. The van der Waals surface area contributed by atoms with E-state index in [9.17, 15) is 9.59 Å². The zero-order chi connectivity index (χ0) is 18.8. The Morgan fingerprint density at radius 2 is 2.12 bits per heavy atom. The zero-order valence-corrected chi connectivity index (χ0v) is 16.5. The fourth-order valence-corrected chi connectivity index (χ4v) is 4.15. The first-order valence-electron chi connectivity index (χ1n) is 8.50. The smallest absolute Gasteiger partial charge is 0.267 e. The van der Waals surface area contributed by atoms with Crippen molar-refractivity contribution in [3.05, 3.63) is 45.2 Å². The minimum Gasteiger partial charge on any atom is -0.370 e. The molecule has 1 saturated heterocycles. The standard InChI is InChI=1S/C18H20N4O2S2/c1-4-11(3)22-17(24)13(26-18(22)25)10-12-15(19-5-2)20-14-8-6-7-9-21(14)16(12)23/h6-11,19H,4-5H2,1-3H3/b13-10-. The van der Waals surface area contributed by atoms with Crippen molar-refractivity contribution in [1.82, 2.24) is 14.3 Å². The van der Waals surface area contributed by atoms with Gasteiger partial charge in [0.1, 0.15) is 15.8 Å². The van der Waals surface area contributed by atoms with Crippen molar-refractivity contribution >= 4 is 51.7 Å². The van der Waals surface area contributed by atoms with Gasteiger partial charge in [-0.2, -0.15) is 0 Å². The maximum absolute atomic E-state index is 12.9. The number of pyridine rings is 1. The molecule has 0 bridgehead atoms. The van der Waals surface area contributed by atoms with E-state index in [2.05, 4.69) is 10.3 Å². The fourth-order valence-electron chi connectivity index (χ4n) is 2.71. The first-order valence-corrected chi connectivity index (χ1v) is 9.72. The number of fused-ring (bicyclic) bond motifs is 1. The molecule has 0 radical (unpaired) electrons. The number of carbonyl (C=O) groups is 1. The van der Waals surface area contributed by atoms with Gasteiger partial charge in [0.15, 0.2) is 0 Å². The van der Waals surface area contributed by atoms with Crippen LogP contribution < -0.4 is 10.9 Å². The third-order valence-corrected chi connectivity index (χ3v) is 5.57. The van der Waals surface area contributed by atoms with Crippen LogP contribution in [0.25, 0.3) is 11.7 Å². The first-order chi connectivity index (χ1) is 12.5. The summed E-state index contributed by atoms with van der Waals surface area (Å²) in [5.74, 6) is 0.312. The van der Waals surface area contributed by atoms with E-state index in [0.717, 1.165) is 6.42 Å². The molecule has 1 aliphatic rings. The predicted molar refractivity (Wildman–Crippen MR) is 110 cm³/mol. The number of aromatic nitrogens is 2. The number of carbonyl (C=O) groups excluding carboxylic acids is 1. The largest absolute Gasteiger partial charge is 0.370 e. The molecule has 136 valence electrons. The van der Waals surface area contributed by atoms with Crippen molar-refractivity contribution in [1.29, 1.82) is 0 Å². The third-order valence-electron chi connectivity index (χ3n) is 4.24. The summed E-state index contributed by atoms with van der Waals surface area (Å²) in [5.41, 5.74) is 0.693. The number of anilines is 1. The van der Waals surface area contributed by atoms with Crippen molar-refractivity contribution in [3.63, 3.8) is 0 Å². The molecule has 1 aliphatic heterocycles. The van der Waals surface area contributed by atoms with Gasteiger partial charge in [-0.1, -0.05) is 37.0 Å². The molecule has 8 heteroatoms. The number of thioether (sulfide) groups is 1. The molecule has 2 aromatic rings. The average Bonchev–Trinajstić information content (AvgIpc) is 2.91. The summed E-state index contributed by atoms with van der Waals surface area (Å²) in [4.78, 5) is 32.3. The van der Waals surface area contributed by atoms with Gasteiger partial charge in [-0.05, 0) is 38.5 Å². The monoisotopic (exact) mass is 388 g/mol. The van der Waals surface area contributed by atoms with Gasteiger partial charge in [0.2, 0.25) is 0 Å². The van der Waals surface area contributed by atoms with Gasteiger partial charge in [0, 0.05) is 18.8 Å². The Hall–Kier alpha value is -2.19. The van der Waals surface area contributed by atoms with E-state index in [1.807, 2.05) is 26.8 Å². The second kappa shape index (κ2) is 7.59. The summed E-state index contributed by atoms with van der Waals surface area (Å²) in [7, 11) is 0. The molecule has 6 nitrogen and oxygen atoms in total. The second-order valence-electron chi connectivity index (χ2n) is 5.95. The van der Waals surface area contributed by atoms with Gasteiger partial charge in [0.25, 0.3) is 11.5 Å². The van der Waals surface area contributed by atoms with E-state index in [4.69, 9.17) is 12.2 Å². The van der Waals surface area contributed by atoms with Crippen LogP contribution in [-0.2, 0) is 4.79 Å². The van der Waals surface area contributed by atoms with Crippen LogP contribution >= 0.6 is 24.0 Å². The van der Waals surface area contributed by atoms with E-state index in [1.54, 1.807) is 29.3 Å². The number of hydrogen-bond acceptors (Lipinski definition) is 6. The van der Waals surface area contributed by atoms with Gasteiger partial charge in [-0.25, -0.2) is 4.98 Å². The highest BCUT2D eigenvalue weighted by Crippen LogP contribution is 2.34. The molecule has 2 aromatic heterocycles. The Morgan fingerprint density at radius 3 is 2.81 bits per heavy atom. The molecule has 0 spiro atoms. The summed E-state index contributed by atoms with van der Waals surface area (Å²) in [6, 6.07) is 5.40. The number of rotatable bonds is 5. The first kappa shape index (κ1) is 18.6. The molecule has 3 rings (SSSR count). The predicted octanol–water partition coefficient (Wildman–Crippen LogP) is 3.13. The highest BCUT2D eigenvalue weighted by molar-refractivity contribution is 8.26. The van der Waals surface area contributed by atoms with Crippen LogP contribution in [0.2, 0.25) is 0 Å². The Labute approximate surface area is 161 Å². The van der Waals surface area contributed by atoms with Gasteiger partial charge in [0.05, 0.1) is 10.5 Å². The van der Waals surface area contributed by atoms with Gasteiger partial charge in [-0.3, -0.25) is 18.9 Å². The minimum absolute atomic E-state index is 0.0254. The minimum atomic E-state index is -0.222. The van der Waals surface area contributed by atoms with Crippen LogP contribution in [0.15, 0.2) is 34.1 Å².